The highest BCUT2D eigenvalue weighted by molar-refractivity contribution is 5.85. The van der Waals surface area contributed by atoms with Gasteiger partial charge in [-0.1, -0.05) is 18.2 Å². The summed E-state index contributed by atoms with van der Waals surface area (Å²) in [5.74, 6) is 0.0536. The summed E-state index contributed by atoms with van der Waals surface area (Å²) >= 11 is 0. The lowest BCUT2D eigenvalue weighted by molar-refractivity contribution is -0.120. The second kappa shape index (κ2) is 9.73. The molecule has 0 atom stereocenters. The van der Waals surface area contributed by atoms with Gasteiger partial charge >= 0.3 is 6.09 Å². The summed E-state index contributed by atoms with van der Waals surface area (Å²) in [4.78, 5) is 23.7. The summed E-state index contributed by atoms with van der Waals surface area (Å²) in [6.45, 7) is 5.96. The molecule has 0 radical (unpaired) electrons. The lowest BCUT2D eigenvalue weighted by Crippen LogP contribution is -2.29. The molecule has 0 unspecified atom stereocenters. The monoisotopic (exact) mass is 388 g/mol. The largest absolute Gasteiger partial charge is 0.492 e. The second-order valence-corrected chi connectivity index (χ2v) is 7.16. The molecule has 28 heavy (non-hydrogen) atoms. The normalized spacial score (nSPS) is 10.9. The number of amides is 2. The van der Waals surface area contributed by atoms with Gasteiger partial charge in [-0.05, 0) is 50.6 Å². The van der Waals surface area contributed by atoms with Crippen molar-refractivity contribution in [3.05, 3.63) is 59.9 Å². The van der Waals surface area contributed by atoms with E-state index in [1.54, 1.807) is 57.2 Å². The highest BCUT2D eigenvalue weighted by Crippen LogP contribution is 2.18. The van der Waals surface area contributed by atoms with E-state index in [1.165, 1.54) is 12.1 Å². The molecule has 6 nitrogen and oxygen atoms in total. The van der Waals surface area contributed by atoms with Crippen LogP contribution < -0.4 is 15.4 Å². The Balaban J connectivity index is 1.73. The fourth-order valence-corrected chi connectivity index (χ4v) is 2.29. The van der Waals surface area contributed by atoms with Gasteiger partial charge in [0.25, 0.3) is 0 Å². The van der Waals surface area contributed by atoms with Gasteiger partial charge in [0.05, 0.1) is 13.0 Å². The van der Waals surface area contributed by atoms with Gasteiger partial charge in [-0.2, -0.15) is 0 Å². The third-order valence-electron chi connectivity index (χ3n) is 3.45. The molecule has 0 heterocycles. The van der Waals surface area contributed by atoms with Crippen molar-refractivity contribution in [2.24, 2.45) is 0 Å². The van der Waals surface area contributed by atoms with Crippen molar-refractivity contribution in [2.75, 3.05) is 18.5 Å². The van der Waals surface area contributed by atoms with Crippen LogP contribution in [0.5, 0.6) is 5.75 Å². The van der Waals surface area contributed by atoms with Crippen molar-refractivity contribution < 1.29 is 23.5 Å². The van der Waals surface area contributed by atoms with Gasteiger partial charge in [0.2, 0.25) is 5.91 Å². The quantitative estimate of drug-likeness (QED) is 0.705. The molecule has 0 bridgehead atoms. The number of rotatable bonds is 7. The van der Waals surface area contributed by atoms with Crippen LogP contribution in [0.15, 0.2) is 48.5 Å². The highest BCUT2D eigenvalue weighted by Gasteiger charge is 2.16. The molecular weight excluding hydrogens is 363 g/mol. The van der Waals surface area contributed by atoms with Crippen LogP contribution in [0.4, 0.5) is 14.9 Å². The van der Waals surface area contributed by atoms with Gasteiger partial charge in [0.15, 0.2) is 0 Å². The number of hydrogen-bond donors (Lipinski definition) is 2. The number of benzene rings is 2. The number of nitrogens with one attached hydrogen (secondary N) is 2. The molecule has 2 rings (SSSR count). The predicted octanol–water partition coefficient (Wildman–Crippen LogP) is 3.91. The van der Waals surface area contributed by atoms with Crippen molar-refractivity contribution in [3.8, 4) is 5.75 Å². The van der Waals surface area contributed by atoms with Crippen LogP contribution in [0.3, 0.4) is 0 Å². The van der Waals surface area contributed by atoms with Crippen molar-refractivity contribution in [2.45, 2.75) is 32.8 Å². The predicted molar refractivity (Wildman–Crippen MR) is 105 cm³/mol. The highest BCUT2D eigenvalue weighted by atomic mass is 19.1. The van der Waals surface area contributed by atoms with Crippen LogP contribution >= 0.6 is 0 Å². The van der Waals surface area contributed by atoms with E-state index >= 15 is 0 Å². The number of hydrogen-bond acceptors (Lipinski definition) is 4. The van der Waals surface area contributed by atoms with Crippen molar-refractivity contribution in [1.29, 1.82) is 0 Å². The first-order chi connectivity index (χ1) is 13.2. The van der Waals surface area contributed by atoms with E-state index in [0.717, 1.165) is 5.56 Å². The fraction of sp³-hybridized carbons (Fsp3) is 0.333. The van der Waals surface area contributed by atoms with Gasteiger partial charge in [0.1, 0.15) is 23.8 Å². The van der Waals surface area contributed by atoms with Crippen LogP contribution in [0.1, 0.15) is 26.3 Å². The van der Waals surface area contributed by atoms with Gasteiger partial charge in [-0.3, -0.25) is 10.1 Å². The van der Waals surface area contributed by atoms with Crippen LogP contribution in [0, 0.1) is 5.82 Å². The number of halogens is 1. The standard InChI is InChI=1S/C21H25FN2O4/c1-21(2,3)28-20(26)24-17-5-4-6-18(14-17)27-12-11-23-19(25)13-15-7-9-16(22)10-8-15/h4-10,14H,11-13H2,1-3H3,(H,23,25)(H,24,26). The summed E-state index contributed by atoms with van der Waals surface area (Å²) in [6.07, 6.45) is -0.368. The molecule has 0 saturated heterocycles. The van der Waals surface area contributed by atoms with E-state index in [4.69, 9.17) is 9.47 Å². The van der Waals surface area contributed by atoms with E-state index in [-0.39, 0.29) is 24.8 Å². The lowest BCUT2D eigenvalue weighted by atomic mass is 10.1. The first kappa shape index (κ1) is 21.2. The number of carbonyl (C=O) groups excluding carboxylic acids is 2. The Morgan fingerprint density at radius 2 is 1.79 bits per heavy atom. The molecule has 2 aromatic rings. The molecule has 0 aromatic heterocycles. The maximum Gasteiger partial charge on any atom is 0.412 e. The zero-order valence-corrected chi connectivity index (χ0v) is 16.3. The molecule has 0 aliphatic heterocycles. The van der Waals surface area contributed by atoms with E-state index in [9.17, 15) is 14.0 Å². The summed E-state index contributed by atoms with van der Waals surface area (Å²) < 4.78 is 23.6. The van der Waals surface area contributed by atoms with Crippen molar-refractivity contribution in [1.82, 2.24) is 5.32 Å². The molecule has 7 heteroatoms. The van der Waals surface area contributed by atoms with E-state index < -0.39 is 11.7 Å². The molecular formula is C21H25FN2O4. The van der Waals surface area contributed by atoms with Gasteiger partial charge in [0, 0.05) is 11.8 Å². The number of anilines is 1. The maximum absolute atomic E-state index is 12.9. The molecule has 0 fully saturated rings. The first-order valence-corrected chi connectivity index (χ1v) is 8.95. The fourth-order valence-electron chi connectivity index (χ4n) is 2.29. The molecule has 0 aliphatic carbocycles. The molecule has 0 spiro atoms. The molecule has 150 valence electrons. The minimum atomic E-state index is -0.579. The summed E-state index contributed by atoms with van der Waals surface area (Å²) in [5.41, 5.74) is 0.706. The van der Waals surface area contributed by atoms with Crippen LogP contribution in [0.25, 0.3) is 0 Å². The smallest absolute Gasteiger partial charge is 0.412 e. The Morgan fingerprint density at radius 1 is 1.07 bits per heavy atom. The summed E-state index contributed by atoms with van der Waals surface area (Å²) in [7, 11) is 0. The average Bonchev–Trinajstić information content (AvgIpc) is 2.59. The third kappa shape index (κ3) is 8.07. The molecule has 2 N–H and O–H groups in total. The summed E-state index contributed by atoms with van der Waals surface area (Å²) in [5, 5.41) is 5.38. The van der Waals surface area contributed by atoms with Gasteiger partial charge in [-0.15, -0.1) is 0 Å². The molecule has 0 aliphatic rings. The van der Waals surface area contributed by atoms with E-state index in [1.807, 2.05) is 0 Å². The van der Waals surface area contributed by atoms with Crippen molar-refractivity contribution in [3.63, 3.8) is 0 Å². The zero-order chi connectivity index (χ0) is 20.6. The maximum atomic E-state index is 12.9. The minimum absolute atomic E-state index is 0.171. The SMILES string of the molecule is CC(C)(C)OC(=O)Nc1cccc(OCCNC(=O)Cc2ccc(F)cc2)c1. The van der Waals surface area contributed by atoms with Gasteiger partial charge < -0.3 is 14.8 Å². The Bertz CT molecular complexity index is 801. The Kier molecular flexibility index (Phi) is 7.37. The van der Waals surface area contributed by atoms with Crippen LogP contribution in [-0.4, -0.2) is 30.8 Å². The van der Waals surface area contributed by atoms with Crippen molar-refractivity contribution >= 4 is 17.7 Å². The van der Waals surface area contributed by atoms with Gasteiger partial charge in [-0.25, -0.2) is 9.18 Å². The second-order valence-electron chi connectivity index (χ2n) is 7.16. The number of ether oxygens (including phenoxy) is 2. The lowest BCUT2D eigenvalue weighted by Gasteiger charge is -2.19. The minimum Gasteiger partial charge on any atom is -0.492 e. The van der Waals surface area contributed by atoms with Crippen LogP contribution in [0.2, 0.25) is 0 Å². The Hall–Kier alpha value is -3.09. The zero-order valence-electron chi connectivity index (χ0n) is 16.3. The van der Waals surface area contributed by atoms with Crippen LogP contribution in [-0.2, 0) is 16.0 Å². The molecule has 2 amide bonds. The Labute approximate surface area is 164 Å². The summed E-state index contributed by atoms with van der Waals surface area (Å²) in [6, 6.07) is 12.7. The first-order valence-electron chi connectivity index (χ1n) is 8.95. The number of carbonyl (C=O) groups is 2. The topological polar surface area (TPSA) is 76.7 Å². The van der Waals surface area contributed by atoms with E-state index in [0.29, 0.717) is 18.0 Å². The Morgan fingerprint density at radius 3 is 2.46 bits per heavy atom. The molecule has 2 aromatic carbocycles. The average molecular weight is 388 g/mol. The third-order valence-corrected chi connectivity index (χ3v) is 3.45. The van der Waals surface area contributed by atoms with E-state index in [2.05, 4.69) is 10.6 Å². The molecule has 0 saturated carbocycles.